The maximum atomic E-state index is 13.0. The molecular formula is C30H37N7O3. The number of amides is 1. The normalized spacial score (nSPS) is 16.9. The molecule has 210 valence electrons. The number of aromatic nitrogens is 3. The van der Waals surface area contributed by atoms with Gasteiger partial charge in [-0.2, -0.15) is 0 Å². The van der Waals surface area contributed by atoms with E-state index in [4.69, 9.17) is 19.4 Å². The van der Waals surface area contributed by atoms with Gasteiger partial charge in [0.15, 0.2) is 0 Å². The van der Waals surface area contributed by atoms with Crippen LogP contribution in [0.15, 0.2) is 30.7 Å². The van der Waals surface area contributed by atoms with Crippen LogP contribution >= 0.6 is 0 Å². The fourth-order valence-corrected chi connectivity index (χ4v) is 5.64. The van der Waals surface area contributed by atoms with Gasteiger partial charge in [-0.25, -0.2) is 14.8 Å². The minimum atomic E-state index is -0.587. The van der Waals surface area contributed by atoms with Crippen LogP contribution in [0.2, 0.25) is 0 Å². The minimum Gasteiger partial charge on any atom is -0.474 e. The second kappa shape index (κ2) is 10.2. The molecule has 0 aliphatic carbocycles. The van der Waals surface area contributed by atoms with Gasteiger partial charge >= 0.3 is 6.09 Å². The molecule has 3 aromatic heterocycles. The van der Waals surface area contributed by atoms with Crippen LogP contribution in [0, 0.1) is 6.92 Å². The number of carbonyl (C=O) groups excluding carboxylic acids is 1. The van der Waals surface area contributed by atoms with E-state index in [-0.39, 0.29) is 6.09 Å². The van der Waals surface area contributed by atoms with Crippen molar-refractivity contribution >= 4 is 29.0 Å². The lowest BCUT2D eigenvalue weighted by Gasteiger charge is -2.35. The number of fused-ring (bicyclic) bond motifs is 3. The maximum Gasteiger partial charge on any atom is 0.415 e. The third-order valence-corrected chi connectivity index (χ3v) is 7.62. The number of likely N-dealkylation sites (N-methyl/N-ethyl adjacent to an activating group) is 1. The van der Waals surface area contributed by atoms with Gasteiger partial charge in [-0.15, -0.1) is 0 Å². The van der Waals surface area contributed by atoms with E-state index in [0.717, 1.165) is 55.2 Å². The number of nitrogens with zero attached hydrogens (tertiary/aromatic N) is 6. The SMILES string of the molecule is Cc1c(N2CCc3cnc(Nc4cnc5c(c4)CN(C)CC5)cc3C2)cnc2c1N(C(=O)OC(C)(C)C)CCO2. The Bertz CT molecular complexity index is 1450. The summed E-state index contributed by atoms with van der Waals surface area (Å²) in [7, 11) is 2.14. The first kappa shape index (κ1) is 26.3. The second-order valence-corrected chi connectivity index (χ2v) is 11.9. The van der Waals surface area contributed by atoms with Gasteiger partial charge in [0.2, 0.25) is 5.88 Å². The zero-order valence-electron chi connectivity index (χ0n) is 24.0. The standard InChI is InChI=1S/C30H37N7O3/c1-19-25(16-33-28-27(19)37(10-11-39-28)29(38)40-30(2,3)4)36-9-6-20-14-32-26(13-21(20)18-36)34-23-12-22-17-35(5)8-7-24(22)31-15-23/h12-16H,6-11,17-18H2,1-5H3,(H,32,34). The molecule has 1 amide bonds. The molecule has 0 radical (unpaired) electrons. The molecule has 0 fully saturated rings. The number of hydrogen-bond acceptors (Lipinski definition) is 9. The molecule has 40 heavy (non-hydrogen) atoms. The predicted octanol–water partition coefficient (Wildman–Crippen LogP) is 4.61. The van der Waals surface area contributed by atoms with Crippen molar-refractivity contribution in [2.45, 2.75) is 59.2 Å². The van der Waals surface area contributed by atoms with E-state index < -0.39 is 5.60 Å². The molecule has 6 rings (SSSR count). The van der Waals surface area contributed by atoms with Gasteiger partial charge in [0.25, 0.3) is 0 Å². The van der Waals surface area contributed by atoms with Crippen molar-refractivity contribution in [2.75, 3.05) is 48.4 Å². The van der Waals surface area contributed by atoms with Gasteiger partial charge in [0, 0.05) is 50.1 Å². The van der Waals surface area contributed by atoms with Gasteiger partial charge in [-0.3, -0.25) is 9.88 Å². The van der Waals surface area contributed by atoms with E-state index in [1.807, 2.05) is 46.3 Å². The summed E-state index contributed by atoms with van der Waals surface area (Å²) in [6.07, 6.45) is 7.21. The number of pyridine rings is 3. The first-order valence-corrected chi connectivity index (χ1v) is 13.9. The topological polar surface area (TPSA) is 96.0 Å². The van der Waals surface area contributed by atoms with Crippen LogP contribution in [-0.4, -0.2) is 64.8 Å². The second-order valence-electron chi connectivity index (χ2n) is 11.9. The molecule has 0 bridgehead atoms. The van der Waals surface area contributed by atoms with Crippen molar-refractivity contribution in [2.24, 2.45) is 0 Å². The third-order valence-electron chi connectivity index (χ3n) is 7.62. The largest absolute Gasteiger partial charge is 0.474 e. The van der Waals surface area contributed by atoms with Gasteiger partial charge in [0.1, 0.15) is 23.7 Å². The first-order valence-electron chi connectivity index (χ1n) is 13.9. The smallest absolute Gasteiger partial charge is 0.415 e. The molecule has 0 saturated carbocycles. The van der Waals surface area contributed by atoms with Gasteiger partial charge in [-0.1, -0.05) is 0 Å². The van der Waals surface area contributed by atoms with E-state index in [2.05, 4.69) is 39.3 Å². The monoisotopic (exact) mass is 543 g/mol. The summed E-state index contributed by atoms with van der Waals surface area (Å²) in [4.78, 5) is 33.3. The summed E-state index contributed by atoms with van der Waals surface area (Å²) in [5, 5.41) is 3.47. The Labute approximate surface area is 235 Å². The minimum absolute atomic E-state index is 0.381. The summed E-state index contributed by atoms with van der Waals surface area (Å²) in [6, 6.07) is 4.32. The lowest BCUT2D eigenvalue weighted by atomic mass is 10.0. The van der Waals surface area contributed by atoms with Gasteiger partial charge in [-0.05, 0) is 70.0 Å². The number of ether oxygens (including phenoxy) is 2. The lowest BCUT2D eigenvalue weighted by Crippen LogP contribution is -2.42. The van der Waals surface area contributed by atoms with E-state index in [1.165, 1.54) is 22.4 Å². The van der Waals surface area contributed by atoms with Crippen LogP contribution in [0.1, 0.15) is 48.7 Å². The molecule has 0 spiro atoms. The molecule has 0 aromatic carbocycles. The predicted molar refractivity (Wildman–Crippen MR) is 155 cm³/mol. The van der Waals surface area contributed by atoms with Crippen LogP contribution in [0.5, 0.6) is 5.88 Å². The van der Waals surface area contributed by atoms with Crippen LogP contribution < -0.4 is 19.9 Å². The highest BCUT2D eigenvalue weighted by molar-refractivity contribution is 5.92. The Morgan fingerprint density at radius 2 is 1.82 bits per heavy atom. The van der Waals surface area contributed by atoms with Crippen LogP contribution in [-0.2, 0) is 30.7 Å². The fourth-order valence-electron chi connectivity index (χ4n) is 5.64. The van der Waals surface area contributed by atoms with E-state index in [0.29, 0.717) is 31.3 Å². The van der Waals surface area contributed by atoms with Crippen LogP contribution in [0.4, 0.5) is 27.7 Å². The number of hydrogen-bond donors (Lipinski definition) is 1. The molecule has 3 aliphatic heterocycles. The average Bonchev–Trinajstić information content (AvgIpc) is 2.91. The molecule has 0 atom stereocenters. The molecule has 1 N–H and O–H groups in total. The number of rotatable bonds is 3. The lowest BCUT2D eigenvalue weighted by molar-refractivity contribution is 0.0566. The van der Waals surface area contributed by atoms with E-state index in [9.17, 15) is 4.79 Å². The Balaban J connectivity index is 1.23. The molecule has 10 nitrogen and oxygen atoms in total. The van der Waals surface area contributed by atoms with Crippen molar-refractivity contribution in [3.05, 3.63) is 58.7 Å². The first-order chi connectivity index (χ1) is 19.1. The Morgan fingerprint density at radius 3 is 2.65 bits per heavy atom. The van der Waals surface area contributed by atoms with Crippen LogP contribution in [0.3, 0.4) is 0 Å². The summed E-state index contributed by atoms with van der Waals surface area (Å²) in [6.45, 7) is 12.0. The maximum absolute atomic E-state index is 13.0. The molecular weight excluding hydrogens is 506 g/mol. The summed E-state index contributed by atoms with van der Waals surface area (Å²) in [5.74, 6) is 1.27. The molecule has 0 saturated heterocycles. The molecule has 6 heterocycles. The van der Waals surface area contributed by atoms with Crippen molar-refractivity contribution < 1.29 is 14.3 Å². The summed E-state index contributed by atoms with van der Waals surface area (Å²) >= 11 is 0. The zero-order valence-corrected chi connectivity index (χ0v) is 24.0. The van der Waals surface area contributed by atoms with E-state index >= 15 is 0 Å². The highest BCUT2D eigenvalue weighted by Crippen LogP contribution is 2.40. The molecule has 3 aromatic rings. The number of nitrogens with one attached hydrogen (secondary N) is 1. The van der Waals surface area contributed by atoms with Gasteiger partial charge in [0.05, 0.1) is 30.3 Å². The Kier molecular flexibility index (Phi) is 6.74. The Hall–Kier alpha value is -3.92. The zero-order chi connectivity index (χ0) is 28.0. The van der Waals surface area contributed by atoms with Crippen molar-refractivity contribution in [1.29, 1.82) is 0 Å². The Morgan fingerprint density at radius 1 is 0.975 bits per heavy atom. The number of carbonyl (C=O) groups is 1. The van der Waals surface area contributed by atoms with Crippen molar-refractivity contribution in [3.8, 4) is 5.88 Å². The highest BCUT2D eigenvalue weighted by atomic mass is 16.6. The van der Waals surface area contributed by atoms with Crippen LogP contribution in [0.25, 0.3) is 0 Å². The van der Waals surface area contributed by atoms with Crippen molar-refractivity contribution in [1.82, 2.24) is 19.9 Å². The molecule has 0 unspecified atom stereocenters. The highest BCUT2D eigenvalue weighted by Gasteiger charge is 2.32. The van der Waals surface area contributed by atoms with E-state index in [1.54, 1.807) is 4.90 Å². The quantitative estimate of drug-likeness (QED) is 0.508. The molecule has 3 aliphatic rings. The average molecular weight is 544 g/mol. The summed E-state index contributed by atoms with van der Waals surface area (Å²) < 4.78 is 11.5. The third kappa shape index (κ3) is 5.28. The summed E-state index contributed by atoms with van der Waals surface area (Å²) in [5.41, 5.74) is 7.90. The fraction of sp³-hybridized carbons (Fsp3) is 0.467. The molecule has 10 heteroatoms. The van der Waals surface area contributed by atoms with Gasteiger partial charge < -0.3 is 24.6 Å². The number of anilines is 4. The van der Waals surface area contributed by atoms with Crippen molar-refractivity contribution in [3.63, 3.8) is 0 Å².